The van der Waals surface area contributed by atoms with Crippen molar-refractivity contribution >= 4 is 11.8 Å². The Kier molecular flexibility index (Phi) is 7.54. The van der Waals surface area contributed by atoms with Crippen molar-refractivity contribution in [1.29, 1.82) is 0 Å². The van der Waals surface area contributed by atoms with Crippen molar-refractivity contribution in [2.24, 2.45) is 11.8 Å². The van der Waals surface area contributed by atoms with E-state index in [0.717, 1.165) is 11.8 Å². The highest BCUT2D eigenvalue weighted by Crippen LogP contribution is 2.27. The molecule has 1 aliphatic rings. The topological polar surface area (TPSA) is 12.0 Å². The number of unbranched alkanes of at least 4 members (excludes halogenated alkanes) is 1. The summed E-state index contributed by atoms with van der Waals surface area (Å²) in [7, 11) is 0. The standard InChI is InChI=1S/C13H27NS/c1-12-6-5-7-13(10-12)11-14-8-3-4-9-15-2/h12-14H,3-11H2,1-2H3. The molecule has 0 aliphatic heterocycles. The maximum absolute atomic E-state index is 3.63. The second-order valence-electron chi connectivity index (χ2n) is 5.04. The van der Waals surface area contributed by atoms with Crippen molar-refractivity contribution in [3.05, 3.63) is 0 Å². The van der Waals surface area contributed by atoms with E-state index in [1.807, 2.05) is 11.8 Å². The highest BCUT2D eigenvalue weighted by Gasteiger charge is 2.17. The monoisotopic (exact) mass is 229 g/mol. The van der Waals surface area contributed by atoms with Gasteiger partial charge >= 0.3 is 0 Å². The van der Waals surface area contributed by atoms with E-state index in [2.05, 4.69) is 18.5 Å². The van der Waals surface area contributed by atoms with Gasteiger partial charge in [0.15, 0.2) is 0 Å². The molecule has 0 spiro atoms. The van der Waals surface area contributed by atoms with Gasteiger partial charge in [-0.25, -0.2) is 0 Å². The molecular formula is C13H27NS. The number of rotatable bonds is 7. The van der Waals surface area contributed by atoms with Crippen LogP contribution in [0.4, 0.5) is 0 Å². The van der Waals surface area contributed by atoms with Crippen molar-refractivity contribution in [2.45, 2.75) is 45.4 Å². The maximum atomic E-state index is 3.63. The highest BCUT2D eigenvalue weighted by molar-refractivity contribution is 7.98. The molecule has 2 atom stereocenters. The molecule has 90 valence electrons. The Hall–Kier alpha value is 0.310. The van der Waals surface area contributed by atoms with Crippen molar-refractivity contribution in [1.82, 2.24) is 5.32 Å². The van der Waals surface area contributed by atoms with Gasteiger partial charge in [0.1, 0.15) is 0 Å². The van der Waals surface area contributed by atoms with Crippen LogP contribution in [0.5, 0.6) is 0 Å². The van der Waals surface area contributed by atoms with E-state index >= 15 is 0 Å². The summed E-state index contributed by atoms with van der Waals surface area (Å²) in [6.45, 7) is 4.90. The zero-order valence-corrected chi connectivity index (χ0v) is 11.2. The van der Waals surface area contributed by atoms with Crippen molar-refractivity contribution in [2.75, 3.05) is 25.1 Å². The molecule has 2 unspecified atom stereocenters. The lowest BCUT2D eigenvalue weighted by Gasteiger charge is -2.26. The number of nitrogens with one attached hydrogen (secondary N) is 1. The lowest BCUT2D eigenvalue weighted by Crippen LogP contribution is -2.27. The Balaban J connectivity index is 1.90. The molecule has 0 heterocycles. The molecule has 0 radical (unpaired) electrons. The molecule has 1 fully saturated rings. The van der Waals surface area contributed by atoms with E-state index in [0.29, 0.717) is 0 Å². The third-order valence-electron chi connectivity index (χ3n) is 3.43. The molecular weight excluding hydrogens is 202 g/mol. The molecule has 1 nitrogen and oxygen atoms in total. The van der Waals surface area contributed by atoms with E-state index in [1.165, 1.54) is 57.4 Å². The summed E-state index contributed by atoms with van der Waals surface area (Å²) in [6.07, 6.45) is 10.7. The summed E-state index contributed by atoms with van der Waals surface area (Å²) >= 11 is 1.96. The summed E-state index contributed by atoms with van der Waals surface area (Å²) in [6, 6.07) is 0. The summed E-state index contributed by atoms with van der Waals surface area (Å²) < 4.78 is 0. The Bertz CT molecular complexity index is 149. The fourth-order valence-corrected chi connectivity index (χ4v) is 3.04. The van der Waals surface area contributed by atoms with Crippen LogP contribution in [0.25, 0.3) is 0 Å². The van der Waals surface area contributed by atoms with Crippen LogP contribution in [0.15, 0.2) is 0 Å². The molecule has 0 saturated heterocycles. The number of hydrogen-bond acceptors (Lipinski definition) is 2. The normalized spacial score (nSPS) is 26.8. The lowest BCUT2D eigenvalue weighted by molar-refractivity contribution is 0.274. The predicted molar refractivity (Wildman–Crippen MR) is 71.6 cm³/mol. The van der Waals surface area contributed by atoms with Crippen LogP contribution >= 0.6 is 11.8 Å². The van der Waals surface area contributed by atoms with E-state index in [-0.39, 0.29) is 0 Å². The average molecular weight is 229 g/mol. The Morgan fingerprint density at radius 1 is 1.27 bits per heavy atom. The van der Waals surface area contributed by atoms with Gasteiger partial charge in [-0.3, -0.25) is 0 Å². The molecule has 0 aromatic carbocycles. The average Bonchev–Trinajstić information content (AvgIpc) is 2.23. The van der Waals surface area contributed by atoms with Crippen LogP contribution < -0.4 is 5.32 Å². The zero-order chi connectivity index (χ0) is 10.9. The Morgan fingerprint density at radius 2 is 2.13 bits per heavy atom. The van der Waals surface area contributed by atoms with Gasteiger partial charge in [-0.2, -0.15) is 11.8 Å². The first kappa shape index (κ1) is 13.4. The third kappa shape index (κ3) is 6.47. The van der Waals surface area contributed by atoms with Crippen molar-refractivity contribution < 1.29 is 0 Å². The van der Waals surface area contributed by atoms with Crippen LogP contribution in [0.3, 0.4) is 0 Å². The van der Waals surface area contributed by atoms with E-state index < -0.39 is 0 Å². The summed E-state index contributed by atoms with van der Waals surface area (Å²) in [5, 5.41) is 3.63. The predicted octanol–water partition coefficient (Wildman–Crippen LogP) is 3.55. The first-order valence-electron chi connectivity index (χ1n) is 6.52. The smallest absolute Gasteiger partial charge is 0.00204 e. The van der Waals surface area contributed by atoms with E-state index in [4.69, 9.17) is 0 Å². The van der Waals surface area contributed by atoms with Gasteiger partial charge < -0.3 is 5.32 Å². The van der Waals surface area contributed by atoms with Gasteiger partial charge in [0.2, 0.25) is 0 Å². The number of thioether (sulfide) groups is 1. The Morgan fingerprint density at radius 3 is 2.87 bits per heavy atom. The molecule has 1 rings (SSSR count). The van der Waals surface area contributed by atoms with Gasteiger partial charge in [0.05, 0.1) is 0 Å². The molecule has 1 N–H and O–H groups in total. The molecule has 2 heteroatoms. The fraction of sp³-hybridized carbons (Fsp3) is 1.00. The molecule has 1 aliphatic carbocycles. The van der Waals surface area contributed by atoms with E-state index in [1.54, 1.807) is 0 Å². The number of hydrogen-bond donors (Lipinski definition) is 1. The quantitative estimate of drug-likeness (QED) is 0.670. The molecule has 0 aromatic heterocycles. The molecule has 0 aromatic rings. The fourth-order valence-electron chi connectivity index (χ4n) is 2.55. The van der Waals surface area contributed by atoms with Crippen LogP contribution in [-0.4, -0.2) is 25.1 Å². The van der Waals surface area contributed by atoms with Crippen LogP contribution in [-0.2, 0) is 0 Å². The first-order valence-corrected chi connectivity index (χ1v) is 7.92. The summed E-state index contributed by atoms with van der Waals surface area (Å²) in [5.74, 6) is 3.26. The van der Waals surface area contributed by atoms with Gasteiger partial charge in [0, 0.05) is 0 Å². The second kappa shape index (κ2) is 8.46. The zero-order valence-electron chi connectivity index (χ0n) is 10.4. The van der Waals surface area contributed by atoms with Gasteiger partial charge in [0.25, 0.3) is 0 Å². The minimum Gasteiger partial charge on any atom is -0.316 e. The van der Waals surface area contributed by atoms with E-state index in [9.17, 15) is 0 Å². The SMILES string of the molecule is CSCCCCNCC1CCCC(C)C1. The molecule has 0 amide bonds. The third-order valence-corrected chi connectivity index (χ3v) is 4.13. The first-order chi connectivity index (χ1) is 7.33. The van der Waals surface area contributed by atoms with Crippen molar-refractivity contribution in [3.63, 3.8) is 0 Å². The summed E-state index contributed by atoms with van der Waals surface area (Å²) in [4.78, 5) is 0. The minimum absolute atomic E-state index is 0.967. The highest BCUT2D eigenvalue weighted by atomic mass is 32.2. The lowest BCUT2D eigenvalue weighted by atomic mass is 9.82. The maximum Gasteiger partial charge on any atom is -0.00204 e. The molecule has 0 bridgehead atoms. The Labute approximate surface area is 99.8 Å². The second-order valence-corrected chi connectivity index (χ2v) is 6.03. The van der Waals surface area contributed by atoms with Gasteiger partial charge in [-0.15, -0.1) is 0 Å². The molecule has 1 saturated carbocycles. The largest absolute Gasteiger partial charge is 0.316 e. The van der Waals surface area contributed by atoms with Crippen LogP contribution in [0.2, 0.25) is 0 Å². The van der Waals surface area contributed by atoms with Gasteiger partial charge in [-0.1, -0.05) is 19.8 Å². The van der Waals surface area contributed by atoms with Crippen LogP contribution in [0, 0.1) is 11.8 Å². The van der Waals surface area contributed by atoms with Crippen LogP contribution in [0.1, 0.15) is 45.4 Å². The summed E-state index contributed by atoms with van der Waals surface area (Å²) in [5.41, 5.74) is 0. The minimum atomic E-state index is 0.967. The van der Waals surface area contributed by atoms with Crippen molar-refractivity contribution in [3.8, 4) is 0 Å². The van der Waals surface area contributed by atoms with Gasteiger partial charge in [-0.05, 0) is 62.6 Å². The molecule has 15 heavy (non-hydrogen) atoms.